The zero-order chi connectivity index (χ0) is 30.3. The van der Waals surface area contributed by atoms with Crippen LogP contribution < -0.4 is 20.7 Å². The summed E-state index contributed by atoms with van der Waals surface area (Å²) in [5, 5.41) is 16.3. The third-order valence-electron chi connectivity index (χ3n) is 7.01. The predicted octanol–water partition coefficient (Wildman–Crippen LogP) is 2.38. The summed E-state index contributed by atoms with van der Waals surface area (Å²) in [6.07, 6.45) is 4.44. The highest BCUT2D eigenvalue weighted by atomic mass is 16.5. The number of carbonyl (C=O) groups excluding carboxylic acids is 4. The molecule has 4 N–H and O–H groups in total. The average Bonchev–Trinajstić information content (AvgIpc) is 3.00. The third kappa shape index (κ3) is 11.0. The van der Waals surface area contributed by atoms with Crippen LogP contribution in [0.3, 0.4) is 0 Å². The van der Waals surface area contributed by atoms with E-state index in [1.807, 2.05) is 41.7 Å². The van der Waals surface area contributed by atoms with Gasteiger partial charge >= 0.3 is 5.97 Å². The molecule has 0 aliphatic heterocycles. The van der Waals surface area contributed by atoms with Crippen LogP contribution in [0.25, 0.3) is 0 Å². The largest absolute Gasteiger partial charge is 0.481 e. The first kappa shape index (κ1) is 32.3. The van der Waals surface area contributed by atoms with Crippen LogP contribution in [0.15, 0.2) is 60.7 Å². The number of carboxylic acid groups (broad SMARTS) is 1. The minimum absolute atomic E-state index is 0.119. The van der Waals surface area contributed by atoms with Crippen LogP contribution in [0.5, 0.6) is 5.75 Å². The van der Waals surface area contributed by atoms with E-state index in [2.05, 4.69) is 10.6 Å². The van der Waals surface area contributed by atoms with Crippen molar-refractivity contribution in [1.29, 1.82) is 0 Å². The Balaban J connectivity index is 1.72. The average molecular weight is 582 g/mol. The Morgan fingerprint density at radius 2 is 1.48 bits per heavy atom. The van der Waals surface area contributed by atoms with Crippen LogP contribution in [0.1, 0.15) is 51.0 Å². The van der Waals surface area contributed by atoms with Crippen molar-refractivity contribution in [3.8, 4) is 5.75 Å². The number of hydrogen-bond acceptors (Lipinski definition) is 7. The van der Waals surface area contributed by atoms with E-state index < -0.39 is 54.2 Å². The topological polar surface area (TPSA) is 160 Å². The Morgan fingerprint density at radius 3 is 2.12 bits per heavy atom. The molecule has 0 radical (unpaired) electrons. The van der Waals surface area contributed by atoms with Gasteiger partial charge in [-0.05, 0) is 37.0 Å². The number of ether oxygens (including phenoxy) is 2. The quantitative estimate of drug-likeness (QED) is 0.220. The van der Waals surface area contributed by atoms with E-state index in [9.17, 15) is 24.0 Å². The van der Waals surface area contributed by atoms with Crippen LogP contribution in [0.2, 0.25) is 0 Å². The Bertz CT molecular complexity index is 1190. The molecule has 3 rings (SSSR count). The van der Waals surface area contributed by atoms with Gasteiger partial charge in [0.05, 0.1) is 13.2 Å². The fourth-order valence-electron chi connectivity index (χ4n) is 4.76. The lowest BCUT2D eigenvalue weighted by molar-refractivity contribution is -0.143. The molecular weight excluding hydrogens is 542 g/mol. The number of carboxylic acids is 1. The Labute approximate surface area is 245 Å². The number of nitrogens with one attached hydrogen (secondary N) is 3. The number of amides is 3. The zero-order valence-corrected chi connectivity index (χ0v) is 23.8. The van der Waals surface area contributed by atoms with Gasteiger partial charge in [-0.15, -0.1) is 0 Å². The van der Waals surface area contributed by atoms with E-state index in [4.69, 9.17) is 14.6 Å². The maximum Gasteiger partial charge on any atom is 0.322 e. The van der Waals surface area contributed by atoms with Crippen LogP contribution >= 0.6 is 0 Å². The maximum atomic E-state index is 13.6. The van der Waals surface area contributed by atoms with E-state index in [0.717, 1.165) is 37.7 Å². The van der Waals surface area contributed by atoms with Crippen LogP contribution in [-0.2, 0) is 35.3 Å². The van der Waals surface area contributed by atoms with E-state index in [1.54, 1.807) is 31.2 Å². The summed E-state index contributed by atoms with van der Waals surface area (Å²) in [5.74, 6) is -3.99. The maximum absolute atomic E-state index is 13.6. The number of Topliss-reactive ketones (excluding diaryl/α,β-unsaturated/α-hetero) is 1. The first-order valence-corrected chi connectivity index (χ1v) is 14.2. The van der Waals surface area contributed by atoms with Gasteiger partial charge in [-0.2, -0.15) is 0 Å². The van der Waals surface area contributed by atoms with Crippen molar-refractivity contribution < 1.29 is 38.6 Å². The number of rotatable bonds is 16. The van der Waals surface area contributed by atoms with Crippen molar-refractivity contribution in [1.82, 2.24) is 16.0 Å². The molecular formula is C31H39N3O8. The second-order valence-corrected chi connectivity index (χ2v) is 10.4. The van der Waals surface area contributed by atoms with Gasteiger partial charge in [0.2, 0.25) is 11.7 Å². The molecule has 2 unspecified atom stereocenters. The summed E-state index contributed by atoms with van der Waals surface area (Å²) in [4.78, 5) is 62.9. The summed E-state index contributed by atoms with van der Waals surface area (Å²) >= 11 is 0. The molecule has 11 nitrogen and oxygen atoms in total. The van der Waals surface area contributed by atoms with Crippen molar-refractivity contribution in [2.75, 3.05) is 13.2 Å². The van der Waals surface area contributed by atoms with Gasteiger partial charge < -0.3 is 30.5 Å². The molecule has 0 aromatic heterocycles. The molecule has 42 heavy (non-hydrogen) atoms. The fraction of sp³-hybridized carbons (Fsp3) is 0.452. The molecule has 0 bridgehead atoms. The van der Waals surface area contributed by atoms with Gasteiger partial charge in [-0.3, -0.25) is 24.0 Å². The van der Waals surface area contributed by atoms with Crippen molar-refractivity contribution in [2.24, 2.45) is 5.92 Å². The molecule has 1 saturated carbocycles. The fourth-order valence-corrected chi connectivity index (χ4v) is 4.76. The van der Waals surface area contributed by atoms with E-state index in [0.29, 0.717) is 12.2 Å². The summed E-state index contributed by atoms with van der Waals surface area (Å²) in [5.41, 5.74) is 0.820. The predicted molar refractivity (Wildman–Crippen MR) is 153 cm³/mol. The smallest absolute Gasteiger partial charge is 0.322 e. The standard InChI is InChI=1S/C31H39N3O8/c1-21(42-24-15-9-4-10-16-24)29(38)33-25(17-22-11-5-2-6-12-22)30(39)34-26(28(37)31(40)32-18-27(35)36)20-41-19-23-13-7-3-8-14-23/h3-4,7-10,13-16,21-22,25-26H,2,5-6,11-12,17-20H2,1H3,(H,32,40)(H,33,38)(H,34,39)(H,35,36)/t21?,25-,26?/m1/s1. The zero-order valence-electron chi connectivity index (χ0n) is 23.8. The number of benzene rings is 2. The molecule has 0 spiro atoms. The molecule has 0 saturated heterocycles. The first-order chi connectivity index (χ1) is 20.2. The summed E-state index contributed by atoms with van der Waals surface area (Å²) in [6.45, 7) is 0.607. The number of ketones is 1. The Kier molecular flexibility index (Phi) is 13.0. The SMILES string of the molecule is CC(Oc1ccccc1)C(=O)N[C@H](CC1CCCCC1)C(=O)NC(COCc1ccccc1)C(=O)C(=O)NCC(=O)O. The lowest BCUT2D eigenvalue weighted by Gasteiger charge is -2.28. The molecule has 2 aromatic rings. The normalized spacial score (nSPS) is 15.5. The molecule has 3 amide bonds. The molecule has 1 fully saturated rings. The summed E-state index contributed by atoms with van der Waals surface area (Å²) in [6, 6.07) is 15.6. The van der Waals surface area contributed by atoms with Crippen molar-refractivity contribution >= 4 is 29.5 Å². The third-order valence-corrected chi connectivity index (χ3v) is 7.01. The highest BCUT2D eigenvalue weighted by Crippen LogP contribution is 2.27. The van der Waals surface area contributed by atoms with Crippen LogP contribution in [0.4, 0.5) is 0 Å². The lowest BCUT2D eigenvalue weighted by atomic mass is 9.84. The molecule has 3 atom stereocenters. The minimum Gasteiger partial charge on any atom is -0.481 e. The second-order valence-electron chi connectivity index (χ2n) is 10.4. The van der Waals surface area contributed by atoms with Crippen LogP contribution in [0, 0.1) is 5.92 Å². The molecule has 226 valence electrons. The van der Waals surface area contributed by atoms with Gasteiger partial charge in [-0.25, -0.2) is 0 Å². The van der Waals surface area contributed by atoms with Crippen molar-refractivity contribution in [3.05, 3.63) is 66.2 Å². The van der Waals surface area contributed by atoms with E-state index in [1.165, 1.54) is 0 Å². The molecule has 1 aliphatic carbocycles. The van der Waals surface area contributed by atoms with Gasteiger partial charge in [0.15, 0.2) is 6.10 Å². The second kappa shape index (κ2) is 16.9. The Hall–Kier alpha value is -4.25. The van der Waals surface area contributed by atoms with Crippen molar-refractivity contribution in [3.63, 3.8) is 0 Å². The van der Waals surface area contributed by atoms with Crippen LogP contribution in [-0.4, -0.2) is 65.9 Å². The highest BCUT2D eigenvalue weighted by molar-refractivity contribution is 6.38. The first-order valence-electron chi connectivity index (χ1n) is 14.2. The number of aliphatic carboxylic acids is 1. The number of carbonyl (C=O) groups is 5. The van der Waals surface area contributed by atoms with Gasteiger partial charge in [0.1, 0.15) is 24.4 Å². The molecule has 1 aliphatic rings. The summed E-state index contributed by atoms with van der Waals surface area (Å²) in [7, 11) is 0. The van der Waals surface area contributed by atoms with Crippen molar-refractivity contribution in [2.45, 2.75) is 70.2 Å². The lowest BCUT2D eigenvalue weighted by Crippen LogP contribution is -2.57. The highest BCUT2D eigenvalue weighted by Gasteiger charge is 2.33. The van der Waals surface area contributed by atoms with Gasteiger partial charge in [0, 0.05) is 0 Å². The number of hydrogen-bond donors (Lipinski definition) is 4. The van der Waals surface area contributed by atoms with Gasteiger partial charge in [-0.1, -0.05) is 80.6 Å². The molecule has 0 heterocycles. The Morgan fingerprint density at radius 1 is 0.857 bits per heavy atom. The van der Waals surface area contributed by atoms with E-state index >= 15 is 0 Å². The molecule has 2 aromatic carbocycles. The monoisotopic (exact) mass is 581 g/mol. The summed E-state index contributed by atoms with van der Waals surface area (Å²) < 4.78 is 11.4. The number of para-hydroxylation sites is 1. The van der Waals surface area contributed by atoms with Gasteiger partial charge in [0.25, 0.3) is 11.8 Å². The minimum atomic E-state index is -1.40. The van der Waals surface area contributed by atoms with E-state index in [-0.39, 0.29) is 19.1 Å². The molecule has 11 heteroatoms.